The Kier molecular flexibility index (Phi) is 8.54. The molecule has 2 saturated heterocycles. The van der Waals surface area contributed by atoms with E-state index in [2.05, 4.69) is 25.1 Å². The number of hydrogen-bond acceptors (Lipinski definition) is 6. The molecule has 0 radical (unpaired) electrons. The monoisotopic (exact) mass is 382 g/mol. The smallest absolute Gasteiger partial charge is 0.225 e. The van der Waals surface area contributed by atoms with Crippen molar-refractivity contribution in [2.75, 3.05) is 44.2 Å². The lowest BCUT2D eigenvalue weighted by Crippen LogP contribution is -2.39. The Balaban J connectivity index is 0.00000243. The molecule has 1 aromatic rings. The summed E-state index contributed by atoms with van der Waals surface area (Å²) in [7, 11) is 0. The summed E-state index contributed by atoms with van der Waals surface area (Å²) in [6.07, 6.45) is 9.27. The van der Waals surface area contributed by atoms with Crippen LogP contribution in [-0.2, 0) is 11.3 Å². The third kappa shape index (κ3) is 6.07. The number of nitrogens with one attached hydrogen (secondary N) is 1. The third-order valence-electron chi connectivity index (χ3n) is 5.23. The molecule has 26 heavy (non-hydrogen) atoms. The average molecular weight is 383 g/mol. The molecule has 3 rings (SSSR count). The molecule has 2 aliphatic heterocycles. The van der Waals surface area contributed by atoms with Gasteiger partial charge in [-0.05, 0) is 58.3 Å². The maximum atomic E-state index is 11.2. The topological polar surface area (TPSA) is 87.4 Å². The molecular weight excluding hydrogens is 352 g/mol. The zero-order valence-corrected chi connectivity index (χ0v) is 16.2. The normalized spacial score (nSPS) is 18.7. The van der Waals surface area contributed by atoms with Gasteiger partial charge in [-0.3, -0.25) is 4.79 Å². The van der Waals surface area contributed by atoms with Crippen LogP contribution in [0.2, 0.25) is 0 Å². The molecule has 0 spiro atoms. The molecular formula is C18H31ClN6O. The highest BCUT2D eigenvalue weighted by Gasteiger charge is 2.22. The van der Waals surface area contributed by atoms with Crippen LogP contribution in [0.15, 0.2) is 12.4 Å². The van der Waals surface area contributed by atoms with Crippen LogP contribution in [-0.4, -0.2) is 60.0 Å². The van der Waals surface area contributed by atoms with E-state index in [9.17, 15) is 4.79 Å². The van der Waals surface area contributed by atoms with Crippen molar-refractivity contribution in [1.29, 1.82) is 0 Å². The molecule has 2 fully saturated rings. The van der Waals surface area contributed by atoms with Gasteiger partial charge in [-0.25, -0.2) is 9.97 Å². The van der Waals surface area contributed by atoms with E-state index in [1.165, 1.54) is 12.8 Å². The molecule has 146 valence electrons. The van der Waals surface area contributed by atoms with Crippen LogP contribution in [0.3, 0.4) is 0 Å². The van der Waals surface area contributed by atoms with Crippen molar-refractivity contribution in [1.82, 2.24) is 20.2 Å². The number of nitrogens with two attached hydrogens (primary N) is 1. The molecule has 0 atom stereocenters. The van der Waals surface area contributed by atoms with E-state index >= 15 is 0 Å². The number of carbonyl (C=O) groups is 1. The van der Waals surface area contributed by atoms with Gasteiger partial charge in [0, 0.05) is 43.5 Å². The number of piperidine rings is 1. The van der Waals surface area contributed by atoms with Crippen molar-refractivity contribution in [3.63, 3.8) is 0 Å². The highest BCUT2D eigenvalue weighted by Crippen LogP contribution is 2.16. The van der Waals surface area contributed by atoms with Gasteiger partial charge in [0.15, 0.2) is 0 Å². The van der Waals surface area contributed by atoms with Crippen LogP contribution in [0, 0.1) is 5.92 Å². The zero-order chi connectivity index (χ0) is 17.5. The maximum Gasteiger partial charge on any atom is 0.225 e. The standard InChI is InChI=1S/C18H30N6O.ClH/c19-17(25)16-4-10-23(11-5-16)7-3-6-20-12-15-13-21-18(22-14-15)24-8-1-2-9-24;/h13-14,16,20H,1-12H2,(H2,19,25);1H. The van der Waals surface area contributed by atoms with Gasteiger partial charge in [0.25, 0.3) is 0 Å². The van der Waals surface area contributed by atoms with Crippen molar-refractivity contribution in [3.8, 4) is 0 Å². The minimum absolute atomic E-state index is 0. The van der Waals surface area contributed by atoms with Gasteiger partial charge in [0.05, 0.1) is 0 Å². The van der Waals surface area contributed by atoms with Crippen LogP contribution < -0.4 is 16.0 Å². The Morgan fingerprint density at radius 2 is 1.81 bits per heavy atom. The van der Waals surface area contributed by atoms with Crippen LogP contribution in [0.4, 0.5) is 5.95 Å². The molecule has 7 nitrogen and oxygen atoms in total. The first-order valence-corrected chi connectivity index (χ1v) is 9.50. The van der Waals surface area contributed by atoms with E-state index in [-0.39, 0.29) is 24.2 Å². The van der Waals surface area contributed by atoms with E-state index < -0.39 is 0 Å². The minimum atomic E-state index is -0.140. The van der Waals surface area contributed by atoms with Gasteiger partial charge in [0.1, 0.15) is 0 Å². The molecule has 0 saturated carbocycles. The summed E-state index contributed by atoms with van der Waals surface area (Å²) in [5, 5.41) is 3.46. The number of amides is 1. The van der Waals surface area contributed by atoms with E-state index in [4.69, 9.17) is 5.73 Å². The summed E-state index contributed by atoms with van der Waals surface area (Å²) in [6.45, 7) is 6.98. The van der Waals surface area contributed by atoms with Crippen molar-refractivity contribution in [3.05, 3.63) is 18.0 Å². The Morgan fingerprint density at radius 3 is 2.42 bits per heavy atom. The second-order valence-electron chi connectivity index (χ2n) is 7.13. The molecule has 0 aliphatic carbocycles. The fraction of sp³-hybridized carbons (Fsp3) is 0.722. The van der Waals surface area contributed by atoms with Crippen molar-refractivity contribution in [2.45, 2.75) is 38.6 Å². The summed E-state index contributed by atoms with van der Waals surface area (Å²) in [5.74, 6) is 0.804. The van der Waals surface area contributed by atoms with Crippen LogP contribution in [0.25, 0.3) is 0 Å². The highest BCUT2D eigenvalue weighted by molar-refractivity contribution is 5.85. The van der Waals surface area contributed by atoms with Crippen molar-refractivity contribution < 1.29 is 4.79 Å². The number of hydrogen-bond donors (Lipinski definition) is 2. The predicted molar refractivity (Wildman–Crippen MR) is 105 cm³/mol. The summed E-state index contributed by atoms with van der Waals surface area (Å²) < 4.78 is 0. The van der Waals surface area contributed by atoms with E-state index in [1.807, 2.05) is 12.4 Å². The number of likely N-dealkylation sites (tertiary alicyclic amines) is 1. The van der Waals surface area contributed by atoms with Gasteiger partial charge in [-0.1, -0.05) is 0 Å². The second-order valence-corrected chi connectivity index (χ2v) is 7.13. The zero-order valence-electron chi connectivity index (χ0n) is 15.4. The maximum absolute atomic E-state index is 11.2. The summed E-state index contributed by atoms with van der Waals surface area (Å²) in [6, 6.07) is 0. The SMILES string of the molecule is Cl.NC(=O)C1CCN(CCCNCc2cnc(N3CCCC3)nc2)CC1. The Labute approximate surface area is 162 Å². The van der Waals surface area contributed by atoms with Gasteiger partial charge in [-0.2, -0.15) is 0 Å². The van der Waals surface area contributed by atoms with Gasteiger partial charge >= 0.3 is 0 Å². The number of primary amides is 1. The average Bonchev–Trinajstić information content (AvgIpc) is 3.17. The molecule has 3 heterocycles. The number of aromatic nitrogens is 2. The first-order chi connectivity index (χ1) is 12.2. The van der Waals surface area contributed by atoms with E-state index in [1.54, 1.807) is 0 Å². The van der Waals surface area contributed by atoms with Gasteiger partial charge in [-0.15, -0.1) is 12.4 Å². The number of nitrogens with zero attached hydrogens (tertiary/aromatic N) is 4. The number of carbonyl (C=O) groups excluding carboxylic acids is 1. The molecule has 0 unspecified atom stereocenters. The van der Waals surface area contributed by atoms with Gasteiger partial charge < -0.3 is 20.9 Å². The van der Waals surface area contributed by atoms with Gasteiger partial charge in [0.2, 0.25) is 11.9 Å². The Bertz CT molecular complexity index is 541. The first kappa shape index (κ1) is 20.9. The van der Waals surface area contributed by atoms with Crippen molar-refractivity contribution in [2.24, 2.45) is 11.7 Å². The van der Waals surface area contributed by atoms with Crippen LogP contribution in [0.5, 0.6) is 0 Å². The molecule has 0 aromatic carbocycles. The minimum Gasteiger partial charge on any atom is -0.369 e. The number of rotatable bonds is 8. The lowest BCUT2D eigenvalue weighted by atomic mass is 9.96. The second kappa shape index (κ2) is 10.6. The predicted octanol–water partition coefficient (Wildman–Crippen LogP) is 1.18. The largest absolute Gasteiger partial charge is 0.369 e. The fourth-order valence-corrected chi connectivity index (χ4v) is 3.62. The van der Waals surface area contributed by atoms with Crippen molar-refractivity contribution >= 4 is 24.3 Å². The Morgan fingerprint density at radius 1 is 1.15 bits per heavy atom. The first-order valence-electron chi connectivity index (χ1n) is 9.50. The molecule has 0 bridgehead atoms. The third-order valence-corrected chi connectivity index (χ3v) is 5.23. The molecule has 8 heteroatoms. The summed E-state index contributed by atoms with van der Waals surface area (Å²) in [5.41, 5.74) is 6.50. The van der Waals surface area contributed by atoms with E-state index in [0.29, 0.717) is 0 Å². The fourth-order valence-electron chi connectivity index (χ4n) is 3.62. The molecule has 3 N–H and O–H groups in total. The number of halogens is 1. The highest BCUT2D eigenvalue weighted by atomic mass is 35.5. The molecule has 1 amide bonds. The molecule has 2 aliphatic rings. The lowest BCUT2D eigenvalue weighted by Gasteiger charge is -2.30. The summed E-state index contributed by atoms with van der Waals surface area (Å²) in [4.78, 5) is 24.8. The van der Waals surface area contributed by atoms with Crippen LogP contribution in [0.1, 0.15) is 37.7 Å². The quantitative estimate of drug-likeness (QED) is 0.656. The number of anilines is 1. The molecule has 1 aromatic heterocycles. The Hall–Kier alpha value is -1.44. The summed E-state index contributed by atoms with van der Waals surface area (Å²) >= 11 is 0. The lowest BCUT2D eigenvalue weighted by molar-refractivity contribution is -0.123. The van der Waals surface area contributed by atoms with E-state index in [0.717, 1.165) is 76.6 Å². The van der Waals surface area contributed by atoms with Crippen LogP contribution >= 0.6 is 12.4 Å².